The van der Waals surface area contributed by atoms with Gasteiger partial charge in [0.05, 0.1) is 0 Å². The summed E-state index contributed by atoms with van der Waals surface area (Å²) in [6, 6.07) is 4.34. The number of ether oxygens (including phenoxy) is 1. The van der Waals surface area contributed by atoms with E-state index in [2.05, 4.69) is 10.6 Å². The van der Waals surface area contributed by atoms with Gasteiger partial charge in [0.25, 0.3) is 0 Å². The van der Waals surface area contributed by atoms with Crippen LogP contribution in [-0.2, 0) is 14.3 Å². The molecule has 9 heteroatoms. The average Bonchev–Trinajstić information content (AvgIpc) is 2.66. The van der Waals surface area contributed by atoms with E-state index < -0.39 is 23.8 Å². The van der Waals surface area contributed by atoms with Gasteiger partial charge in [-0.1, -0.05) is 12.1 Å². The molecule has 0 radical (unpaired) electrons. The lowest BCUT2D eigenvalue weighted by Gasteiger charge is -2.34. The number of thioether (sulfide) groups is 1. The van der Waals surface area contributed by atoms with Crippen molar-refractivity contribution in [1.82, 2.24) is 15.5 Å². The lowest BCUT2D eigenvalue weighted by molar-refractivity contribution is -0.142. The molecule has 1 aromatic carbocycles. The zero-order valence-corrected chi connectivity index (χ0v) is 20.9. The van der Waals surface area contributed by atoms with Gasteiger partial charge in [0.1, 0.15) is 23.4 Å². The summed E-state index contributed by atoms with van der Waals surface area (Å²) in [6.45, 7) is 10.9. The van der Waals surface area contributed by atoms with E-state index in [0.717, 1.165) is 0 Å². The first kappa shape index (κ1) is 27.6. The topological polar surface area (TPSA) is 108 Å². The first-order chi connectivity index (χ1) is 14.9. The first-order valence-corrected chi connectivity index (χ1v) is 12.2. The molecule has 8 nitrogen and oxygen atoms in total. The second kappa shape index (κ2) is 12.6. The van der Waals surface area contributed by atoms with Gasteiger partial charge in [0.15, 0.2) is 0 Å². The molecule has 0 aliphatic heterocycles. The normalized spacial score (nSPS) is 13.2. The van der Waals surface area contributed by atoms with Gasteiger partial charge in [-0.15, -0.1) is 0 Å². The number of likely N-dealkylation sites (N-methyl/N-ethyl adjacent to an activating group) is 1. The quantitative estimate of drug-likeness (QED) is 0.486. The fraction of sp³-hybridized carbons (Fsp3) is 0.609. The number of hydrogen-bond acceptors (Lipinski definition) is 6. The number of carbonyl (C=O) groups is 3. The van der Waals surface area contributed by atoms with Crippen LogP contribution in [0.25, 0.3) is 0 Å². The van der Waals surface area contributed by atoms with Gasteiger partial charge in [-0.3, -0.25) is 9.59 Å². The molecule has 0 fully saturated rings. The highest BCUT2D eigenvalue weighted by Gasteiger charge is 2.35. The molecular formula is C23H37N3O5S. The molecule has 3 N–H and O–H groups in total. The third-order valence-corrected chi connectivity index (χ3v) is 5.04. The van der Waals surface area contributed by atoms with Gasteiger partial charge < -0.3 is 25.4 Å². The summed E-state index contributed by atoms with van der Waals surface area (Å²) in [4.78, 5) is 40.5. The molecule has 0 aromatic heterocycles. The minimum absolute atomic E-state index is 0.000776. The monoisotopic (exact) mass is 467 g/mol. The van der Waals surface area contributed by atoms with Gasteiger partial charge in [-0.2, -0.15) is 11.8 Å². The van der Waals surface area contributed by atoms with Gasteiger partial charge >= 0.3 is 6.09 Å². The lowest BCUT2D eigenvalue weighted by Crippen LogP contribution is -2.53. The fourth-order valence-corrected chi connectivity index (χ4v) is 3.61. The van der Waals surface area contributed by atoms with E-state index in [1.165, 1.54) is 17.0 Å². The number of aromatic hydroxyl groups is 1. The van der Waals surface area contributed by atoms with Crippen LogP contribution in [-0.4, -0.2) is 64.2 Å². The second-order valence-electron chi connectivity index (χ2n) is 8.77. The molecule has 0 aliphatic carbocycles. The van der Waals surface area contributed by atoms with Crippen LogP contribution in [0.2, 0.25) is 0 Å². The number of amides is 3. The number of hydrogen-bond donors (Lipinski definition) is 3. The number of carbonyl (C=O) groups excluding carboxylic acids is 3. The van der Waals surface area contributed by atoms with Crippen molar-refractivity contribution in [2.75, 3.05) is 18.6 Å². The molecule has 2 unspecified atom stereocenters. The Kier molecular flexibility index (Phi) is 10.9. The third kappa shape index (κ3) is 8.98. The first-order valence-electron chi connectivity index (χ1n) is 10.8. The van der Waals surface area contributed by atoms with E-state index in [4.69, 9.17) is 4.74 Å². The number of nitrogens with one attached hydrogen (secondary N) is 2. The molecule has 180 valence electrons. The van der Waals surface area contributed by atoms with Gasteiger partial charge in [-0.05, 0) is 77.7 Å². The average molecular weight is 468 g/mol. The zero-order chi connectivity index (χ0) is 24.5. The van der Waals surface area contributed by atoms with Crippen LogP contribution >= 0.6 is 11.8 Å². The summed E-state index contributed by atoms with van der Waals surface area (Å²) in [5, 5.41) is 15.5. The summed E-state index contributed by atoms with van der Waals surface area (Å²) in [5.41, 5.74) is -0.220. The van der Waals surface area contributed by atoms with Gasteiger partial charge in [-0.25, -0.2) is 4.79 Å². The van der Waals surface area contributed by atoms with E-state index in [0.29, 0.717) is 17.7 Å². The Bertz CT molecular complexity index is 779. The molecule has 2 atom stereocenters. The van der Waals surface area contributed by atoms with Crippen molar-refractivity contribution in [3.63, 3.8) is 0 Å². The number of alkyl carbamates (subject to hydrolysis) is 1. The highest BCUT2D eigenvalue weighted by Crippen LogP contribution is 2.26. The molecule has 1 aromatic rings. The van der Waals surface area contributed by atoms with Crippen molar-refractivity contribution in [2.24, 2.45) is 0 Å². The number of phenols is 1. The zero-order valence-electron chi connectivity index (χ0n) is 20.1. The summed E-state index contributed by atoms with van der Waals surface area (Å²) < 4.78 is 5.33. The second-order valence-corrected chi connectivity index (χ2v) is 9.75. The van der Waals surface area contributed by atoms with Crippen molar-refractivity contribution < 1.29 is 24.2 Å². The Balaban J connectivity index is 3.30. The largest absolute Gasteiger partial charge is 0.508 e. The minimum Gasteiger partial charge on any atom is -0.508 e. The van der Waals surface area contributed by atoms with Crippen LogP contribution in [0.1, 0.15) is 59.6 Å². The predicted molar refractivity (Wildman–Crippen MR) is 128 cm³/mol. The molecule has 0 bridgehead atoms. The van der Waals surface area contributed by atoms with E-state index in [9.17, 15) is 19.5 Å². The Labute approximate surface area is 195 Å². The Morgan fingerprint density at radius 2 is 1.84 bits per heavy atom. The van der Waals surface area contributed by atoms with Crippen LogP contribution in [0.15, 0.2) is 24.3 Å². The van der Waals surface area contributed by atoms with Crippen LogP contribution in [0.5, 0.6) is 5.75 Å². The summed E-state index contributed by atoms with van der Waals surface area (Å²) in [6.07, 6.45) is 1.61. The van der Waals surface area contributed by atoms with Crippen LogP contribution in [0, 0.1) is 0 Å². The van der Waals surface area contributed by atoms with Gasteiger partial charge in [0, 0.05) is 12.6 Å². The van der Waals surface area contributed by atoms with Crippen molar-refractivity contribution in [1.29, 1.82) is 0 Å². The Hall–Kier alpha value is -2.42. The number of rotatable bonds is 10. The number of benzene rings is 1. The highest BCUT2D eigenvalue weighted by molar-refractivity contribution is 7.98. The minimum atomic E-state index is -0.959. The third-order valence-electron chi connectivity index (χ3n) is 4.40. The van der Waals surface area contributed by atoms with Crippen LogP contribution < -0.4 is 10.6 Å². The maximum absolute atomic E-state index is 13.6. The molecule has 0 saturated heterocycles. The summed E-state index contributed by atoms with van der Waals surface area (Å²) in [5.74, 6) is -0.112. The van der Waals surface area contributed by atoms with E-state index >= 15 is 0 Å². The Morgan fingerprint density at radius 3 is 2.34 bits per heavy atom. The van der Waals surface area contributed by atoms with Crippen molar-refractivity contribution in [2.45, 2.75) is 71.7 Å². The molecule has 1 rings (SSSR count). The molecule has 3 amide bonds. The summed E-state index contributed by atoms with van der Waals surface area (Å²) >= 11 is 1.55. The molecule has 0 heterocycles. The summed E-state index contributed by atoms with van der Waals surface area (Å²) in [7, 11) is 0. The smallest absolute Gasteiger partial charge is 0.408 e. The van der Waals surface area contributed by atoms with E-state index in [-0.39, 0.29) is 30.2 Å². The van der Waals surface area contributed by atoms with Crippen molar-refractivity contribution in [3.05, 3.63) is 29.8 Å². The van der Waals surface area contributed by atoms with Gasteiger partial charge in [0.2, 0.25) is 11.8 Å². The maximum Gasteiger partial charge on any atom is 0.408 e. The van der Waals surface area contributed by atoms with Crippen molar-refractivity contribution >= 4 is 29.7 Å². The molecule has 32 heavy (non-hydrogen) atoms. The molecule has 0 saturated carbocycles. The van der Waals surface area contributed by atoms with E-state index in [1.54, 1.807) is 51.6 Å². The van der Waals surface area contributed by atoms with E-state index in [1.807, 2.05) is 20.1 Å². The standard InChI is InChI=1S/C23H37N3O5S/c1-8-26(19(20(28)24-15(2)3)16-10-9-11-17(27)14-16)21(29)18(12-13-32-7)25-22(30)31-23(4,5)6/h9-11,14-15,18-19,27H,8,12-13H2,1-7H3,(H,24,28)(H,25,30). The lowest BCUT2D eigenvalue weighted by atomic mass is 10.0. The molecule has 0 spiro atoms. The number of phenolic OH excluding ortho intramolecular Hbond substituents is 1. The molecule has 0 aliphatic rings. The Morgan fingerprint density at radius 1 is 1.19 bits per heavy atom. The van der Waals surface area contributed by atoms with Crippen LogP contribution in [0.3, 0.4) is 0 Å². The maximum atomic E-state index is 13.6. The van der Waals surface area contributed by atoms with Crippen molar-refractivity contribution in [3.8, 4) is 5.75 Å². The highest BCUT2D eigenvalue weighted by atomic mass is 32.2. The molecular weight excluding hydrogens is 430 g/mol. The van der Waals surface area contributed by atoms with Crippen LogP contribution in [0.4, 0.5) is 4.79 Å². The number of nitrogens with zero attached hydrogens (tertiary/aromatic N) is 1. The predicted octanol–water partition coefficient (Wildman–Crippen LogP) is 3.45. The SMILES string of the molecule is CCN(C(=O)C(CCSC)NC(=O)OC(C)(C)C)C(C(=O)NC(C)C)c1cccc(O)c1. The fourth-order valence-electron chi connectivity index (χ4n) is 3.14.